The van der Waals surface area contributed by atoms with Crippen molar-refractivity contribution in [1.29, 1.82) is 0 Å². The lowest BCUT2D eigenvalue weighted by Gasteiger charge is -2.24. The normalized spacial score (nSPS) is 14.3. The molecule has 0 fully saturated rings. The van der Waals surface area contributed by atoms with Crippen LogP contribution in [-0.4, -0.2) is 54.0 Å². The monoisotopic (exact) mass is 496 g/mol. The van der Waals surface area contributed by atoms with Gasteiger partial charge in [0.1, 0.15) is 23.9 Å². The van der Waals surface area contributed by atoms with Crippen molar-refractivity contribution in [3.8, 4) is 17.7 Å². The summed E-state index contributed by atoms with van der Waals surface area (Å²) in [5.41, 5.74) is 9.01. The summed E-state index contributed by atoms with van der Waals surface area (Å²) >= 11 is 0. The van der Waals surface area contributed by atoms with E-state index >= 15 is 4.39 Å². The fourth-order valence-corrected chi connectivity index (χ4v) is 4.55. The van der Waals surface area contributed by atoms with Crippen molar-refractivity contribution < 1.29 is 13.9 Å². The van der Waals surface area contributed by atoms with Crippen molar-refractivity contribution in [1.82, 2.24) is 34.4 Å². The molecule has 0 spiro atoms. The maximum Gasteiger partial charge on any atom is 0.257 e. The van der Waals surface area contributed by atoms with Crippen molar-refractivity contribution in [2.45, 2.75) is 6.04 Å². The summed E-state index contributed by atoms with van der Waals surface area (Å²) in [5.74, 6) is 5.48. The average molecular weight is 497 g/mol. The van der Waals surface area contributed by atoms with Crippen LogP contribution in [0.2, 0.25) is 0 Å². The molecule has 0 saturated carbocycles. The molecule has 2 N–H and O–H groups in total. The number of likely N-dealkylation sites (N-methyl/N-ethyl adjacent to an activating group) is 1. The van der Waals surface area contributed by atoms with E-state index in [-0.39, 0.29) is 18.0 Å². The van der Waals surface area contributed by atoms with E-state index < -0.39 is 17.8 Å². The van der Waals surface area contributed by atoms with E-state index in [4.69, 9.17) is 10.5 Å². The minimum Gasteiger partial charge on any atom is -0.475 e. The second-order valence-corrected chi connectivity index (χ2v) is 8.86. The quantitative estimate of drug-likeness (QED) is 0.373. The number of carbonyl (C=O) groups excluding carboxylic acids is 1. The van der Waals surface area contributed by atoms with Gasteiger partial charge in [0.15, 0.2) is 0 Å². The van der Waals surface area contributed by atoms with Gasteiger partial charge in [0.25, 0.3) is 5.91 Å². The molecular weight excluding hydrogens is 475 g/mol. The third kappa shape index (κ3) is 3.70. The van der Waals surface area contributed by atoms with Crippen LogP contribution < -0.4 is 10.5 Å². The molecular formula is C26H21FN8O2. The molecule has 0 radical (unpaired) electrons. The number of hydrogen-bond donors (Lipinski definition) is 1. The van der Waals surface area contributed by atoms with Crippen LogP contribution in [0.4, 0.5) is 10.2 Å². The first kappa shape index (κ1) is 22.5. The highest BCUT2D eigenvalue weighted by Gasteiger charge is 2.33. The van der Waals surface area contributed by atoms with Crippen LogP contribution in [0.15, 0.2) is 42.9 Å². The van der Waals surface area contributed by atoms with Crippen LogP contribution in [0.3, 0.4) is 0 Å². The molecule has 37 heavy (non-hydrogen) atoms. The van der Waals surface area contributed by atoms with Gasteiger partial charge in [-0.15, -0.1) is 0 Å². The number of rotatable bonds is 2. The van der Waals surface area contributed by atoms with Crippen molar-refractivity contribution in [2.24, 2.45) is 14.1 Å². The summed E-state index contributed by atoms with van der Waals surface area (Å²) < 4.78 is 24.2. The van der Waals surface area contributed by atoms with Crippen molar-refractivity contribution in [3.05, 3.63) is 71.1 Å². The molecule has 1 unspecified atom stereocenters. The van der Waals surface area contributed by atoms with Gasteiger partial charge in [-0.25, -0.2) is 14.4 Å². The van der Waals surface area contributed by atoms with Crippen molar-refractivity contribution >= 4 is 33.5 Å². The van der Waals surface area contributed by atoms with Gasteiger partial charge in [0, 0.05) is 44.4 Å². The van der Waals surface area contributed by atoms with Gasteiger partial charge in [0.2, 0.25) is 5.88 Å². The molecule has 5 aromatic rings. The standard InChI is InChI=1S/C26H21FN8O2/c1-33-12-14(10-29-33)4-5-15-6-7-16-22(13-37-25(16)31-15)34(2)26(36)17-8-18-21(9-20(17)27)32-24(28)19-11-30-35(3)23(18)19/h6-12,22H,13H2,1-3H3,(H2,28,32). The van der Waals surface area contributed by atoms with Crippen LogP contribution in [0.1, 0.15) is 33.2 Å². The summed E-state index contributed by atoms with van der Waals surface area (Å²) in [6, 6.07) is 5.90. The zero-order valence-electron chi connectivity index (χ0n) is 20.2. The Bertz CT molecular complexity index is 1800. The summed E-state index contributed by atoms with van der Waals surface area (Å²) in [5, 5.41) is 9.55. The number of nitrogen functional groups attached to an aromatic ring is 1. The second kappa shape index (κ2) is 8.30. The number of halogens is 1. The molecule has 6 rings (SSSR count). The number of fused-ring (bicyclic) bond motifs is 4. The molecule has 4 aromatic heterocycles. The molecule has 11 heteroatoms. The highest BCUT2D eigenvalue weighted by atomic mass is 19.1. The predicted octanol–water partition coefficient (Wildman–Crippen LogP) is 2.58. The van der Waals surface area contributed by atoms with E-state index in [9.17, 15) is 4.79 Å². The van der Waals surface area contributed by atoms with Gasteiger partial charge >= 0.3 is 0 Å². The number of amides is 1. The maximum atomic E-state index is 15.1. The molecule has 0 saturated heterocycles. The Hall–Kier alpha value is -4.98. The number of anilines is 1. The number of aryl methyl sites for hydroxylation is 2. The number of hydrogen-bond acceptors (Lipinski definition) is 7. The second-order valence-electron chi connectivity index (χ2n) is 8.86. The first-order valence-electron chi connectivity index (χ1n) is 11.4. The van der Waals surface area contributed by atoms with Crippen LogP contribution in [0.5, 0.6) is 5.88 Å². The number of ether oxygens (including phenoxy) is 1. The van der Waals surface area contributed by atoms with E-state index in [1.807, 2.05) is 19.3 Å². The Morgan fingerprint density at radius 1 is 1.16 bits per heavy atom. The van der Waals surface area contributed by atoms with Gasteiger partial charge in [-0.3, -0.25) is 14.2 Å². The SMILES string of the molecule is CN(C(=O)c1cc2c(cc1F)nc(N)c1cnn(C)c12)C1COc2nc(C#Cc3cnn(C)c3)ccc21. The molecule has 1 amide bonds. The van der Waals surface area contributed by atoms with Gasteiger partial charge in [-0.2, -0.15) is 10.2 Å². The number of nitrogens with zero attached hydrogens (tertiary/aromatic N) is 7. The van der Waals surface area contributed by atoms with E-state index in [2.05, 4.69) is 32.0 Å². The maximum absolute atomic E-state index is 15.1. The van der Waals surface area contributed by atoms with E-state index in [0.717, 1.165) is 11.1 Å². The average Bonchev–Trinajstić information content (AvgIpc) is 3.60. The van der Waals surface area contributed by atoms with E-state index in [0.29, 0.717) is 33.4 Å². The van der Waals surface area contributed by atoms with Crippen molar-refractivity contribution in [3.63, 3.8) is 0 Å². The Kier molecular flexibility index (Phi) is 5.05. The zero-order valence-corrected chi connectivity index (χ0v) is 20.2. The van der Waals surface area contributed by atoms with Crippen LogP contribution >= 0.6 is 0 Å². The lowest BCUT2D eigenvalue weighted by atomic mass is 10.0. The fraction of sp³-hybridized carbons (Fsp3) is 0.192. The van der Waals surface area contributed by atoms with E-state index in [1.165, 1.54) is 17.0 Å². The lowest BCUT2D eigenvalue weighted by molar-refractivity contribution is 0.0703. The third-order valence-corrected chi connectivity index (χ3v) is 6.48. The minimum absolute atomic E-state index is 0.0792. The molecule has 1 atom stereocenters. The van der Waals surface area contributed by atoms with Gasteiger partial charge < -0.3 is 15.4 Å². The zero-order chi connectivity index (χ0) is 25.8. The smallest absolute Gasteiger partial charge is 0.257 e. The third-order valence-electron chi connectivity index (χ3n) is 6.48. The first-order chi connectivity index (χ1) is 17.8. The Morgan fingerprint density at radius 3 is 2.78 bits per heavy atom. The highest BCUT2D eigenvalue weighted by Crippen LogP contribution is 2.36. The predicted molar refractivity (Wildman–Crippen MR) is 134 cm³/mol. The molecule has 1 aliphatic rings. The fourth-order valence-electron chi connectivity index (χ4n) is 4.55. The summed E-state index contributed by atoms with van der Waals surface area (Å²) in [7, 11) is 5.19. The molecule has 1 aromatic carbocycles. The number of aromatic nitrogens is 6. The largest absolute Gasteiger partial charge is 0.475 e. The summed E-state index contributed by atoms with van der Waals surface area (Å²) in [4.78, 5) is 23.7. The molecule has 0 bridgehead atoms. The number of benzene rings is 1. The van der Waals surface area contributed by atoms with Crippen LogP contribution in [0.25, 0.3) is 21.8 Å². The topological polar surface area (TPSA) is 117 Å². The molecule has 5 heterocycles. The molecule has 184 valence electrons. The van der Waals surface area contributed by atoms with Crippen molar-refractivity contribution in [2.75, 3.05) is 19.4 Å². The van der Waals surface area contributed by atoms with Gasteiger partial charge in [-0.05, 0) is 24.1 Å². The van der Waals surface area contributed by atoms with Crippen LogP contribution in [0, 0.1) is 17.7 Å². The Morgan fingerprint density at radius 2 is 2.00 bits per heavy atom. The Balaban J connectivity index is 1.32. The van der Waals surface area contributed by atoms with Gasteiger partial charge in [-0.1, -0.05) is 5.92 Å². The molecule has 1 aliphatic heterocycles. The summed E-state index contributed by atoms with van der Waals surface area (Å²) in [6.45, 7) is 0.198. The summed E-state index contributed by atoms with van der Waals surface area (Å²) in [6.07, 6.45) is 5.08. The van der Waals surface area contributed by atoms with Gasteiger partial charge in [0.05, 0.1) is 46.0 Å². The first-order valence-corrected chi connectivity index (χ1v) is 11.4. The number of nitrogens with two attached hydrogens (primary N) is 1. The van der Waals surface area contributed by atoms with Crippen LogP contribution in [-0.2, 0) is 14.1 Å². The number of pyridine rings is 2. The lowest BCUT2D eigenvalue weighted by Crippen LogP contribution is -2.32. The van der Waals surface area contributed by atoms with E-state index in [1.54, 1.807) is 41.9 Å². The molecule has 10 nitrogen and oxygen atoms in total. The highest BCUT2D eigenvalue weighted by molar-refractivity contribution is 6.10. The minimum atomic E-state index is -0.684. The Labute approximate surface area is 210 Å². The number of carbonyl (C=O) groups is 1. The molecule has 0 aliphatic carbocycles.